The molecule has 1 aliphatic rings. The van der Waals surface area contributed by atoms with Crippen molar-refractivity contribution in [1.82, 2.24) is 15.1 Å². The van der Waals surface area contributed by atoms with Gasteiger partial charge in [-0.05, 0) is 51.6 Å². The summed E-state index contributed by atoms with van der Waals surface area (Å²) in [7, 11) is 3.69. The first-order valence-corrected chi connectivity index (χ1v) is 8.26. The second-order valence-electron chi connectivity index (χ2n) is 6.22. The van der Waals surface area contributed by atoms with Gasteiger partial charge in [-0.15, -0.1) is 0 Å². The number of nitrogens with zero attached hydrogens (tertiary/aromatic N) is 2. The summed E-state index contributed by atoms with van der Waals surface area (Å²) in [6, 6.07) is 1.29. The van der Waals surface area contributed by atoms with Crippen LogP contribution in [0.2, 0.25) is 0 Å². The lowest BCUT2D eigenvalue weighted by molar-refractivity contribution is -0.130. The average Bonchev–Trinajstić information content (AvgIpc) is 2.45. The molecule has 0 bridgehead atoms. The highest BCUT2D eigenvalue weighted by Crippen LogP contribution is 2.23. The lowest BCUT2D eigenvalue weighted by Gasteiger charge is -2.37. The molecule has 118 valence electrons. The van der Waals surface area contributed by atoms with Crippen LogP contribution in [0.15, 0.2) is 0 Å². The van der Waals surface area contributed by atoms with Gasteiger partial charge in [0.05, 0.1) is 6.54 Å². The van der Waals surface area contributed by atoms with Crippen LogP contribution in [-0.2, 0) is 4.79 Å². The van der Waals surface area contributed by atoms with Crippen LogP contribution in [0.5, 0.6) is 0 Å². The van der Waals surface area contributed by atoms with Crippen molar-refractivity contribution in [2.45, 2.75) is 64.5 Å². The minimum atomic E-state index is 0.227. The molecule has 1 aliphatic carbocycles. The first-order valence-electron chi connectivity index (χ1n) is 8.26. The van der Waals surface area contributed by atoms with E-state index in [2.05, 4.69) is 24.1 Å². The Labute approximate surface area is 124 Å². The molecule has 1 N–H and O–H groups in total. The van der Waals surface area contributed by atoms with Crippen molar-refractivity contribution in [1.29, 1.82) is 0 Å². The Kier molecular flexibility index (Phi) is 8.15. The SMILES string of the molecule is CCCNC1CCC(N(CCC)CC(=O)N(C)C)CC1. The first-order chi connectivity index (χ1) is 9.58. The summed E-state index contributed by atoms with van der Waals surface area (Å²) in [5.41, 5.74) is 0. The molecule has 0 spiro atoms. The molecule has 4 nitrogen and oxygen atoms in total. The van der Waals surface area contributed by atoms with Gasteiger partial charge in [0.2, 0.25) is 5.91 Å². The van der Waals surface area contributed by atoms with Crippen molar-refractivity contribution in [3.63, 3.8) is 0 Å². The van der Waals surface area contributed by atoms with Crippen LogP contribution in [0.25, 0.3) is 0 Å². The van der Waals surface area contributed by atoms with E-state index in [1.165, 1.54) is 32.1 Å². The van der Waals surface area contributed by atoms with Crippen LogP contribution in [0.3, 0.4) is 0 Å². The zero-order valence-corrected chi connectivity index (χ0v) is 13.8. The van der Waals surface area contributed by atoms with Gasteiger partial charge >= 0.3 is 0 Å². The van der Waals surface area contributed by atoms with Crippen LogP contribution in [-0.4, -0.2) is 61.5 Å². The summed E-state index contributed by atoms with van der Waals surface area (Å²) in [5.74, 6) is 0.227. The molecule has 0 atom stereocenters. The predicted molar refractivity (Wildman–Crippen MR) is 84.9 cm³/mol. The molecule has 0 aromatic rings. The van der Waals surface area contributed by atoms with E-state index in [1.54, 1.807) is 4.90 Å². The van der Waals surface area contributed by atoms with E-state index >= 15 is 0 Å². The quantitative estimate of drug-likeness (QED) is 0.741. The van der Waals surface area contributed by atoms with E-state index in [9.17, 15) is 4.79 Å². The molecule has 0 unspecified atom stereocenters. The standard InChI is InChI=1S/C16H33N3O/c1-5-11-17-14-7-9-15(10-8-14)19(12-6-2)13-16(20)18(3)4/h14-15,17H,5-13H2,1-4H3. The van der Waals surface area contributed by atoms with E-state index < -0.39 is 0 Å². The lowest BCUT2D eigenvalue weighted by Crippen LogP contribution is -2.46. The molecular weight excluding hydrogens is 250 g/mol. The summed E-state index contributed by atoms with van der Waals surface area (Å²) in [6.07, 6.45) is 7.28. The number of amides is 1. The third-order valence-corrected chi connectivity index (χ3v) is 4.24. The fourth-order valence-corrected chi connectivity index (χ4v) is 2.99. The number of likely N-dealkylation sites (N-methyl/N-ethyl adjacent to an activating group) is 1. The summed E-state index contributed by atoms with van der Waals surface area (Å²) in [6.45, 7) is 7.17. The van der Waals surface area contributed by atoms with Gasteiger partial charge in [-0.2, -0.15) is 0 Å². The maximum Gasteiger partial charge on any atom is 0.236 e. The average molecular weight is 283 g/mol. The third kappa shape index (κ3) is 5.80. The Morgan fingerprint density at radius 3 is 2.25 bits per heavy atom. The maximum atomic E-state index is 11.9. The van der Waals surface area contributed by atoms with E-state index in [0.717, 1.165) is 19.5 Å². The summed E-state index contributed by atoms with van der Waals surface area (Å²) < 4.78 is 0. The zero-order valence-electron chi connectivity index (χ0n) is 13.8. The maximum absolute atomic E-state index is 11.9. The van der Waals surface area contributed by atoms with Crippen LogP contribution in [0.1, 0.15) is 52.4 Å². The van der Waals surface area contributed by atoms with Crippen LogP contribution >= 0.6 is 0 Å². The van der Waals surface area contributed by atoms with Crippen LogP contribution in [0.4, 0.5) is 0 Å². The second kappa shape index (κ2) is 9.35. The third-order valence-electron chi connectivity index (χ3n) is 4.24. The summed E-state index contributed by atoms with van der Waals surface area (Å²) >= 11 is 0. The molecule has 1 saturated carbocycles. The van der Waals surface area contributed by atoms with Gasteiger partial charge in [-0.25, -0.2) is 0 Å². The number of carbonyl (C=O) groups excluding carboxylic acids is 1. The molecule has 4 heteroatoms. The summed E-state index contributed by atoms with van der Waals surface area (Å²) in [4.78, 5) is 16.1. The fourth-order valence-electron chi connectivity index (χ4n) is 2.99. The van der Waals surface area contributed by atoms with Gasteiger partial charge < -0.3 is 10.2 Å². The topological polar surface area (TPSA) is 35.6 Å². The van der Waals surface area contributed by atoms with E-state index in [-0.39, 0.29) is 5.91 Å². The summed E-state index contributed by atoms with van der Waals surface area (Å²) in [5, 5.41) is 3.63. The molecule has 1 amide bonds. The minimum Gasteiger partial charge on any atom is -0.348 e. The molecule has 0 aromatic heterocycles. The van der Waals surface area contributed by atoms with Gasteiger partial charge in [-0.3, -0.25) is 9.69 Å². The van der Waals surface area contributed by atoms with E-state index in [4.69, 9.17) is 0 Å². The molecule has 0 aromatic carbocycles. The number of hydrogen-bond acceptors (Lipinski definition) is 3. The van der Waals surface area contributed by atoms with Gasteiger partial charge in [-0.1, -0.05) is 13.8 Å². The monoisotopic (exact) mass is 283 g/mol. The number of hydrogen-bond donors (Lipinski definition) is 1. The molecule has 20 heavy (non-hydrogen) atoms. The molecular formula is C16H33N3O. The van der Waals surface area contributed by atoms with Crippen molar-refractivity contribution in [2.24, 2.45) is 0 Å². The molecule has 0 aliphatic heterocycles. The van der Waals surface area contributed by atoms with Gasteiger partial charge in [0.1, 0.15) is 0 Å². The lowest BCUT2D eigenvalue weighted by atomic mass is 9.90. The number of carbonyl (C=O) groups is 1. The molecule has 1 fully saturated rings. The van der Waals surface area contributed by atoms with Crippen molar-refractivity contribution in [2.75, 3.05) is 33.7 Å². The second-order valence-corrected chi connectivity index (χ2v) is 6.22. The largest absolute Gasteiger partial charge is 0.348 e. The van der Waals surface area contributed by atoms with Crippen molar-refractivity contribution < 1.29 is 4.79 Å². The predicted octanol–water partition coefficient (Wildman–Crippen LogP) is 2.10. The van der Waals surface area contributed by atoms with Crippen LogP contribution in [0, 0.1) is 0 Å². The molecule has 1 rings (SSSR count). The normalized spacial score (nSPS) is 23.1. The molecule has 0 saturated heterocycles. The Morgan fingerprint density at radius 2 is 1.75 bits per heavy atom. The van der Waals surface area contributed by atoms with Crippen LogP contribution < -0.4 is 5.32 Å². The van der Waals surface area contributed by atoms with Gasteiger partial charge in [0.15, 0.2) is 0 Å². The Bertz CT molecular complexity index is 273. The van der Waals surface area contributed by atoms with Gasteiger partial charge in [0.25, 0.3) is 0 Å². The smallest absolute Gasteiger partial charge is 0.236 e. The Hall–Kier alpha value is -0.610. The van der Waals surface area contributed by atoms with E-state index in [0.29, 0.717) is 18.6 Å². The molecule has 0 radical (unpaired) electrons. The highest BCUT2D eigenvalue weighted by molar-refractivity contribution is 5.77. The van der Waals surface area contributed by atoms with Crippen molar-refractivity contribution >= 4 is 5.91 Å². The highest BCUT2D eigenvalue weighted by atomic mass is 16.2. The zero-order chi connectivity index (χ0) is 15.0. The van der Waals surface area contributed by atoms with Crippen molar-refractivity contribution in [3.8, 4) is 0 Å². The first kappa shape index (κ1) is 17.4. The number of rotatable bonds is 8. The fraction of sp³-hybridized carbons (Fsp3) is 0.938. The van der Waals surface area contributed by atoms with Crippen molar-refractivity contribution in [3.05, 3.63) is 0 Å². The minimum absolute atomic E-state index is 0.227. The van der Waals surface area contributed by atoms with Gasteiger partial charge in [0, 0.05) is 26.2 Å². The Balaban J connectivity index is 2.43. The number of nitrogens with one attached hydrogen (secondary N) is 1. The molecule has 0 heterocycles. The Morgan fingerprint density at radius 1 is 1.10 bits per heavy atom. The van der Waals surface area contributed by atoms with E-state index in [1.807, 2.05) is 14.1 Å². The highest BCUT2D eigenvalue weighted by Gasteiger charge is 2.26.